The quantitative estimate of drug-likeness (QED) is 0.860. The Kier molecular flexibility index (Phi) is 3.25. The molecule has 1 atom stereocenters. The van der Waals surface area contributed by atoms with Gasteiger partial charge in [-0.25, -0.2) is 8.78 Å². The average Bonchev–Trinajstić information content (AvgIpc) is 2.63. The van der Waals surface area contributed by atoms with Crippen molar-refractivity contribution >= 4 is 11.6 Å². The van der Waals surface area contributed by atoms with Gasteiger partial charge in [-0.1, -0.05) is 12.1 Å². The second kappa shape index (κ2) is 4.48. The highest BCUT2D eigenvalue weighted by atomic mass is 19.3. The van der Waals surface area contributed by atoms with Gasteiger partial charge in [-0.05, 0) is 17.2 Å². The fourth-order valence-corrected chi connectivity index (χ4v) is 2.00. The topological polar surface area (TPSA) is 40.5 Å². The van der Waals surface area contributed by atoms with Gasteiger partial charge in [0.15, 0.2) is 0 Å². The van der Waals surface area contributed by atoms with E-state index in [0.29, 0.717) is 11.3 Å². The highest BCUT2D eigenvalue weighted by Crippen LogP contribution is 2.38. The average molecular weight is 277 g/mol. The lowest BCUT2D eigenvalue weighted by Crippen LogP contribution is -2.34. The monoisotopic (exact) mass is 277 g/mol. The zero-order valence-corrected chi connectivity index (χ0v) is 9.91. The first-order chi connectivity index (χ1) is 8.75. The minimum atomic E-state index is -4.53. The van der Waals surface area contributed by atoms with E-state index >= 15 is 0 Å². The van der Waals surface area contributed by atoms with Gasteiger partial charge in [0.2, 0.25) is 5.91 Å². The summed E-state index contributed by atoms with van der Waals surface area (Å²) in [5, 5.41) is 9.35. The van der Waals surface area contributed by atoms with Crippen LogP contribution in [0.1, 0.15) is 17.2 Å². The van der Waals surface area contributed by atoms with Crippen molar-refractivity contribution in [1.29, 1.82) is 0 Å². The molecule has 7 heteroatoms. The lowest BCUT2D eigenvalue weighted by Gasteiger charge is -2.22. The second-order valence-electron chi connectivity index (χ2n) is 4.40. The Bertz CT molecular complexity index is 518. The Morgan fingerprint density at radius 3 is 2.58 bits per heavy atom. The highest BCUT2D eigenvalue weighted by Gasteiger charge is 2.49. The van der Waals surface area contributed by atoms with Crippen molar-refractivity contribution in [1.82, 2.24) is 0 Å². The first kappa shape index (κ1) is 13.8. The maximum atomic E-state index is 13.1. The van der Waals surface area contributed by atoms with Crippen molar-refractivity contribution in [2.24, 2.45) is 0 Å². The number of amides is 1. The van der Waals surface area contributed by atoms with Crippen molar-refractivity contribution in [3.63, 3.8) is 0 Å². The molecule has 0 saturated heterocycles. The molecule has 1 amide bonds. The van der Waals surface area contributed by atoms with E-state index in [4.69, 9.17) is 0 Å². The number of hydrogen-bond acceptors (Lipinski definition) is 2. The zero-order valence-electron chi connectivity index (χ0n) is 9.91. The van der Waals surface area contributed by atoms with Crippen LogP contribution >= 0.6 is 0 Å². The standard InChI is InChI=1S/C12H11F4NO2/c1-17-8-3-2-6(4-7(8)5-9(17)18)10(19)12(15,16)11(13)14/h2-4,10-11,19H,5H2,1H3. The highest BCUT2D eigenvalue weighted by molar-refractivity contribution is 6.00. The van der Waals surface area contributed by atoms with E-state index in [9.17, 15) is 27.5 Å². The van der Waals surface area contributed by atoms with Crippen LogP contribution in [0.15, 0.2) is 18.2 Å². The van der Waals surface area contributed by atoms with Gasteiger partial charge in [0.1, 0.15) is 6.10 Å². The summed E-state index contributed by atoms with van der Waals surface area (Å²) >= 11 is 0. The SMILES string of the molecule is CN1C(=O)Cc2cc(C(O)C(F)(F)C(F)F)ccc21. The molecular formula is C12H11F4NO2. The Morgan fingerprint density at radius 2 is 2.00 bits per heavy atom. The number of rotatable bonds is 3. The van der Waals surface area contributed by atoms with Crippen LogP contribution in [0, 0.1) is 0 Å². The number of aliphatic hydroxyl groups excluding tert-OH is 1. The maximum absolute atomic E-state index is 13.1. The minimum absolute atomic E-state index is 0.00659. The Morgan fingerprint density at radius 1 is 1.37 bits per heavy atom. The molecule has 1 aliphatic rings. The van der Waals surface area contributed by atoms with E-state index in [-0.39, 0.29) is 17.9 Å². The third-order valence-electron chi connectivity index (χ3n) is 3.15. The number of hydrogen-bond donors (Lipinski definition) is 1. The predicted molar refractivity (Wildman–Crippen MR) is 59.5 cm³/mol. The normalized spacial score (nSPS) is 17.0. The summed E-state index contributed by atoms with van der Waals surface area (Å²) in [6.45, 7) is 0. The minimum Gasteiger partial charge on any atom is -0.382 e. The first-order valence-electron chi connectivity index (χ1n) is 5.48. The number of likely N-dealkylation sites (N-methyl/N-ethyl adjacent to an activating group) is 1. The van der Waals surface area contributed by atoms with Crippen LogP contribution in [0.2, 0.25) is 0 Å². The van der Waals surface area contributed by atoms with Crippen LogP contribution in [0.4, 0.5) is 23.2 Å². The van der Waals surface area contributed by atoms with Gasteiger partial charge in [0.05, 0.1) is 6.42 Å². The summed E-state index contributed by atoms with van der Waals surface area (Å²) in [7, 11) is 1.53. The van der Waals surface area contributed by atoms with Crippen LogP contribution in [0.5, 0.6) is 0 Å². The van der Waals surface area contributed by atoms with E-state index in [0.717, 1.165) is 12.1 Å². The Hall–Kier alpha value is -1.63. The Labute approximate surface area is 106 Å². The first-order valence-corrected chi connectivity index (χ1v) is 5.48. The molecule has 0 aliphatic carbocycles. The number of halogens is 4. The molecule has 0 fully saturated rings. The van der Waals surface area contributed by atoms with Gasteiger partial charge >= 0.3 is 12.3 Å². The van der Waals surface area contributed by atoms with Crippen molar-refractivity contribution in [2.75, 3.05) is 11.9 Å². The summed E-state index contributed by atoms with van der Waals surface area (Å²) in [6.07, 6.45) is -6.55. The van der Waals surface area contributed by atoms with E-state index in [1.165, 1.54) is 18.0 Å². The molecule has 1 aromatic carbocycles. The van der Waals surface area contributed by atoms with Gasteiger partial charge in [-0.3, -0.25) is 4.79 Å². The maximum Gasteiger partial charge on any atom is 0.336 e. The van der Waals surface area contributed by atoms with E-state index in [1.54, 1.807) is 0 Å². The van der Waals surface area contributed by atoms with Crippen LogP contribution in [0.3, 0.4) is 0 Å². The lowest BCUT2D eigenvalue weighted by atomic mass is 10.00. The molecule has 104 valence electrons. The summed E-state index contributed by atoms with van der Waals surface area (Å²) < 4.78 is 50.5. The molecule has 0 aromatic heterocycles. The summed E-state index contributed by atoms with van der Waals surface area (Å²) in [5.41, 5.74) is 0.641. The van der Waals surface area contributed by atoms with Gasteiger partial charge in [-0.2, -0.15) is 8.78 Å². The Balaban J connectivity index is 2.34. The van der Waals surface area contributed by atoms with Gasteiger partial charge < -0.3 is 10.0 Å². The number of aliphatic hydroxyl groups is 1. The van der Waals surface area contributed by atoms with E-state index in [1.807, 2.05) is 0 Å². The van der Waals surface area contributed by atoms with Crippen LogP contribution in [-0.4, -0.2) is 30.4 Å². The zero-order chi connectivity index (χ0) is 14.4. The van der Waals surface area contributed by atoms with Crippen LogP contribution in [-0.2, 0) is 11.2 Å². The number of anilines is 1. The van der Waals surface area contributed by atoms with Crippen molar-refractivity contribution in [3.8, 4) is 0 Å². The third kappa shape index (κ3) is 2.18. The van der Waals surface area contributed by atoms with Gasteiger partial charge in [0.25, 0.3) is 0 Å². The number of fused-ring (bicyclic) bond motifs is 1. The fourth-order valence-electron chi connectivity index (χ4n) is 2.00. The van der Waals surface area contributed by atoms with Crippen molar-refractivity contribution in [3.05, 3.63) is 29.3 Å². The molecule has 1 heterocycles. The molecule has 19 heavy (non-hydrogen) atoms. The molecule has 1 aliphatic heterocycles. The van der Waals surface area contributed by atoms with Gasteiger partial charge in [0, 0.05) is 12.7 Å². The molecule has 3 nitrogen and oxygen atoms in total. The number of alkyl halides is 4. The summed E-state index contributed by atoms with van der Waals surface area (Å²) in [6, 6.07) is 3.65. The fraction of sp³-hybridized carbons (Fsp3) is 0.417. The largest absolute Gasteiger partial charge is 0.382 e. The molecule has 0 bridgehead atoms. The van der Waals surface area contributed by atoms with Crippen molar-refractivity contribution < 1.29 is 27.5 Å². The molecule has 0 radical (unpaired) electrons. The molecule has 1 unspecified atom stereocenters. The molecule has 1 aromatic rings. The number of nitrogens with zero attached hydrogens (tertiary/aromatic N) is 1. The number of carbonyl (C=O) groups excluding carboxylic acids is 1. The smallest absolute Gasteiger partial charge is 0.336 e. The second-order valence-corrected chi connectivity index (χ2v) is 4.40. The number of carbonyl (C=O) groups is 1. The summed E-state index contributed by atoms with van der Waals surface area (Å²) in [4.78, 5) is 12.8. The molecule has 0 saturated carbocycles. The molecule has 1 N–H and O–H groups in total. The predicted octanol–water partition coefficient (Wildman–Crippen LogP) is 2.14. The van der Waals surface area contributed by atoms with E-state index < -0.39 is 18.5 Å². The van der Waals surface area contributed by atoms with Crippen LogP contribution in [0.25, 0.3) is 0 Å². The lowest BCUT2D eigenvalue weighted by molar-refractivity contribution is -0.193. The molecule has 0 spiro atoms. The third-order valence-corrected chi connectivity index (χ3v) is 3.15. The molecular weight excluding hydrogens is 266 g/mol. The van der Waals surface area contributed by atoms with Crippen LogP contribution < -0.4 is 4.90 Å². The van der Waals surface area contributed by atoms with E-state index in [2.05, 4.69) is 0 Å². The number of benzene rings is 1. The van der Waals surface area contributed by atoms with Crippen molar-refractivity contribution in [2.45, 2.75) is 24.9 Å². The molecule has 2 rings (SSSR count). The van der Waals surface area contributed by atoms with Gasteiger partial charge in [-0.15, -0.1) is 0 Å². The summed E-state index contributed by atoms with van der Waals surface area (Å²) in [5.74, 6) is -4.75.